The molecule has 3 amide bonds. The van der Waals surface area contributed by atoms with Gasteiger partial charge < -0.3 is 24.6 Å². The van der Waals surface area contributed by atoms with E-state index < -0.39 is 6.04 Å². The standard InChI is InChI=1S/C18H25N3O4/c1-2-19-18(23)21-13-15(25-14-6-4-3-5-7-14)12-16(21)17(22)20-8-10-24-11-9-20/h3-7,15-16H,2,8-13H2,1H3,(H,19,23)/t15-,16-/m0/s1. The number of hydrogen-bond donors (Lipinski definition) is 1. The average molecular weight is 347 g/mol. The van der Waals surface area contributed by atoms with Crippen LogP contribution in [0.1, 0.15) is 13.3 Å². The number of likely N-dealkylation sites (tertiary alicyclic amines) is 1. The molecule has 2 atom stereocenters. The van der Waals surface area contributed by atoms with Gasteiger partial charge in [-0.1, -0.05) is 18.2 Å². The lowest BCUT2D eigenvalue weighted by molar-refractivity contribution is -0.139. The van der Waals surface area contributed by atoms with Gasteiger partial charge in [-0.05, 0) is 19.1 Å². The summed E-state index contributed by atoms with van der Waals surface area (Å²) in [5.74, 6) is 0.733. The first-order valence-electron chi connectivity index (χ1n) is 8.81. The van der Waals surface area contributed by atoms with Crippen LogP contribution in [0.25, 0.3) is 0 Å². The van der Waals surface area contributed by atoms with Crippen molar-refractivity contribution in [3.8, 4) is 5.75 Å². The van der Waals surface area contributed by atoms with Gasteiger partial charge in [-0.2, -0.15) is 0 Å². The number of hydrogen-bond acceptors (Lipinski definition) is 4. The van der Waals surface area contributed by atoms with Gasteiger partial charge in [-0.3, -0.25) is 4.79 Å². The molecule has 7 nitrogen and oxygen atoms in total. The second-order valence-corrected chi connectivity index (χ2v) is 6.23. The summed E-state index contributed by atoms with van der Waals surface area (Å²) in [6.45, 7) is 5.03. The Bertz CT molecular complexity index is 589. The number of benzene rings is 1. The quantitative estimate of drug-likeness (QED) is 0.885. The summed E-state index contributed by atoms with van der Waals surface area (Å²) < 4.78 is 11.3. The Balaban J connectivity index is 1.71. The zero-order chi connectivity index (χ0) is 17.6. The van der Waals surface area contributed by atoms with Crippen molar-refractivity contribution in [1.29, 1.82) is 0 Å². The Morgan fingerprint density at radius 2 is 1.96 bits per heavy atom. The van der Waals surface area contributed by atoms with Crippen LogP contribution in [-0.4, -0.2) is 73.3 Å². The maximum absolute atomic E-state index is 12.9. The fraction of sp³-hybridized carbons (Fsp3) is 0.556. The van der Waals surface area contributed by atoms with E-state index in [2.05, 4.69) is 5.32 Å². The van der Waals surface area contributed by atoms with E-state index in [9.17, 15) is 9.59 Å². The minimum Gasteiger partial charge on any atom is -0.488 e. The van der Waals surface area contributed by atoms with Crippen LogP contribution in [0, 0.1) is 0 Å². The molecule has 136 valence electrons. The third-order valence-corrected chi connectivity index (χ3v) is 4.51. The maximum atomic E-state index is 12.9. The van der Waals surface area contributed by atoms with Gasteiger partial charge in [0.25, 0.3) is 0 Å². The highest BCUT2D eigenvalue weighted by Gasteiger charge is 2.42. The first kappa shape index (κ1) is 17.5. The Morgan fingerprint density at radius 1 is 1.24 bits per heavy atom. The van der Waals surface area contributed by atoms with Crippen molar-refractivity contribution < 1.29 is 19.1 Å². The van der Waals surface area contributed by atoms with Crippen LogP contribution in [0.4, 0.5) is 4.79 Å². The van der Waals surface area contributed by atoms with E-state index >= 15 is 0 Å². The molecule has 0 spiro atoms. The van der Waals surface area contributed by atoms with Crippen molar-refractivity contribution in [3.63, 3.8) is 0 Å². The predicted octanol–water partition coefficient (Wildman–Crippen LogP) is 1.10. The maximum Gasteiger partial charge on any atom is 0.318 e. The van der Waals surface area contributed by atoms with Crippen molar-refractivity contribution in [2.24, 2.45) is 0 Å². The number of amides is 3. The Labute approximate surface area is 147 Å². The summed E-state index contributed by atoms with van der Waals surface area (Å²) in [6, 6.07) is 8.80. The van der Waals surface area contributed by atoms with Crippen molar-refractivity contribution >= 4 is 11.9 Å². The Morgan fingerprint density at radius 3 is 2.64 bits per heavy atom. The van der Waals surface area contributed by atoms with Crippen molar-refractivity contribution in [1.82, 2.24) is 15.1 Å². The zero-order valence-corrected chi connectivity index (χ0v) is 14.5. The lowest BCUT2D eigenvalue weighted by atomic mass is 10.1. The molecule has 0 saturated carbocycles. The normalized spacial score (nSPS) is 23.4. The van der Waals surface area contributed by atoms with E-state index in [4.69, 9.17) is 9.47 Å². The fourth-order valence-electron chi connectivity index (χ4n) is 3.28. The second-order valence-electron chi connectivity index (χ2n) is 6.23. The molecule has 0 unspecified atom stereocenters. The molecule has 3 rings (SSSR count). The summed E-state index contributed by atoms with van der Waals surface area (Å²) in [5, 5.41) is 2.80. The summed E-state index contributed by atoms with van der Waals surface area (Å²) in [7, 11) is 0. The number of nitrogens with zero attached hydrogens (tertiary/aromatic N) is 2. The van der Waals surface area contributed by atoms with Crippen LogP contribution in [0.3, 0.4) is 0 Å². The number of carbonyl (C=O) groups is 2. The van der Waals surface area contributed by atoms with Crippen LogP contribution in [0.15, 0.2) is 30.3 Å². The van der Waals surface area contributed by atoms with E-state index in [0.29, 0.717) is 45.8 Å². The third kappa shape index (κ3) is 4.22. The van der Waals surface area contributed by atoms with Gasteiger partial charge in [-0.25, -0.2) is 4.79 Å². The predicted molar refractivity (Wildman–Crippen MR) is 92.4 cm³/mol. The molecule has 2 aliphatic rings. The monoisotopic (exact) mass is 347 g/mol. The molecule has 0 aromatic heterocycles. The minimum atomic E-state index is -0.488. The molecule has 25 heavy (non-hydrogen) atoms. The SMILES string of the molecule is CCNC(=O)N1C[C@@H](Oc2ccccc2)C[C@H]1C(=O)N1CCOCC1. The van der Waals surface area contributed by atoms with Crippen LogP contribution >= 0.6 is 0 Å². The van der Waals surface area contributed by atoms with E-state index in [1.807, 2.05) is 37.3 Å². The summed E-state index contributed by atoms with van der Waals surface area (Å²) in [4.78, 5) is 28.7. The number of morpholine rings is 1. The Hall–Kier alpha value is -2.28. The van der Waals surface area contributed by atoms with Gasteiger partial charge >= 0.3 is 6.03 Å². The van der Waals surface area contributed by atoms with Gasteiger partial charge in [0.2, 0.25) is 5.91 Å². The molecule has 2 heterocycles. The number of para-hydroxylation sites is 1. The van der Waals surface area contributed by atoms with E-state index in [1.54, 1.807) is 9.80 Å². The largest absolute Gasteiger partial charge is 0.488 e. The molecule has 0 aliphatic carbocycles. The topological polar surface area (TPSA) is 71.1 Å². The van der Waals surface area contributed by atoms with Gasteiger partial charge in [0.15, 0.2) is 0 Å². The van der Waals surface area contributed by atoms with Gasteiger partial charge in [0, 0.05) is 26.1 Å². The van der Waals surface area contributed by atoms with Crippen LogP contribution in [0.2, 0.25) is 0 Å². The molecule has 1 aromatic carbocycles. The highest BCUT2D eigenvalue weighted by Crippen LogP contribution is 2.25. The molecule has 2 saturated heterocycles. The number of urea groups is 1. The number of ether oxygens (including phenoxy) is 2. The highest BCUT2D eigenvalue weighted by molar-refractivity contribution is 5.88. The third-order valence-electron chi connectivity index (χ3n) is 4.51. The molecule has 0 radical (unpaired) electrons. The van der Waals surface area contributed by atoms with Gasteiger partial charge in [0.1, 0.15) is 17.9 Å². The molecular weight excluding hydrogens is 322 g/mol. The van der Waals surface area contributed by atoms with Crippen LogP contribution < -0.4 is 10.1 Å². The Kier molecular flexibility index (Phi) is 5.75. The number of nitrogens with one attached hydrogen (secondary N) is 1. The zero-order valence-electron chi connectivity index (χ0n) is 14.5. The molecular formula is C18H25N3O4. The fourth-order valence-corrected chi connectivity index (χ4v) is 3.28. The first-order chi connectivity index (χ1) is 12.2. The van der Waals surface area contributed by atoms with Crippen molar-refractivity contribution in [2.45, 2.75) is 25.5 Å². The number of rotatable bonds is 4. The molecule has 2 aliphatic heterocycles. The minimum absolute atomic E-state index is 0.0197. The molecule has 1 aromatic rings. The van der Waals surface area contributed by atoms with E-state index in [0.717, 1.165) is 5.75 Å². The lowest BCUT2D eigenvalue weighted by Crippen LogP contribution is -2.53. The second kappa shape index (κ2) is 8.20. The summed E-state index contributed by atoms with van der Waals surface area (Å²) in [6.07, 6.45) is 0.308. The average Bonchev–Trinajstić information content (AvgIpc) is 3.07. The summed E-state index contributed by atoms with van der Waals surface area (Å²) >= 11 is 0. The van der Waals surface area contributed by atoms with Crippen molar-refractivity contribution in [3.05, 3.63) is 30.3 Å². The van der Waals surface area contributed by atoms with Gasteiger partial charge in [-0.15, -0.1) is 0 Å². The summed E-state index contributed by atoms with van der Waals surface area (Å²) in [5.41, 5.74) is 0. The first-order valence-corrected chi connectivity index (χ1v) is 8.81. The molecule has 2 fully saturated rings. The van der Waals surface area contributed by atoms with Gasteiger partial charge in [0.05, 0.1) is 19.8 Å². The molecule has 1 N–H and O–H groups in total. The lowest BCUT2D eigenvalue weighted by Gasteiger charge is -2.32. The van der Waals surface area contributed by atoms with E-state index in [-0.39, 0.29) is 18.0 Å². The van der Waals surface area contributed by atoms with Crippen molar-refractivity contribution in [2.75, 3.05) is 39.4 Å². The molecule has 0 bridgehead atoms. The number of carbonyl (C=O) groups excluding carboxylic acids is 2. The smallest absolute Gasteiger partial charge is 0.318 e. The van der Waals surface area contributed by atoms with E-state index in [1.165, 1.54) is 0 Å². The molecule has 7 heteroatoms. The van der Waals surface area contributed by atoms with Crippen LogP contribution in [-0.2, 0) is 9.53 Å². The van der Waals surface area contributed by atoms with Crippen LogP contribution in [0.5, 0.6) is 5.75 Å². The highest BCUT2D eigenvalue weighted by atomic mass is 16.5.